The zero-order chi connectivity index (χ0) is 26.6. The Morgan fingerprint density at radius 1 is 0.974 bits per heavy atom. The second-order valence-electron chi connectivity index (χ2n) is 9.57. The van der Waals surface area contributed by atoms with Crippen molar-refractivity contribution < 1.29 is 4.42 Å². The molecule has 6 aromatic rings. The number of aromatic amines is 1. The van der Waals surface area contributed by atoms with Gasteiger partial charge < -0.3 is 9.40 Å². The second-order valence-corrected chi connectivity index (χ2v) is 9.57. The van der Waals surface area contributed by atoms with Gasteiger partial charge in [0.05, 0.1) is 19.4 Å². The van der Waals surface area contributed by atoms with Gasteiger partial charge in [0, 0.05) is 30.0 Å². The Hall–Kier alpha value is -4.89. The molecule has 194 valence electrons. The van der Waals surface area contributed by atoms with Crippen LogP contribution in [0.25, 0.3) is 10.9 Å². The fourth-order valence-electron chi connectivity index (χ4n) is 4.89. The number of aromatic nitrogens is 6. The zero-order valence-electron chi connectivity index (χ0n) is 21.4. The third-order valence-corrected chi connectivity index (χ3v) is 6.72. The van der Waals surface area contributed by atoms with E-state index in [0.29, 0.717) is 31.0 Å². The van der Waals surface area contributed by atoms with Crippen molar-refractivity contribution in [2.75, 3.05) is 0 Å². The van der Waals surface area contributed by atoms with Gasteiger partial charge in [0.1, 0.15) is 11.8 Å². The number of H-pyrrole nitrogens is 1. The smallest absolute Gasteiger partial charge is 0.253 e. The number of rotatable bonds is 9. The summed E-state index contributed by atoms with van der Waals surface area (Å²) < 4.78 is 7.51. The van der Waals surface area contributed by atoms with E-state index in [9.17, 15) is 4.79 Å². The van der Waals surface area contributed by atoms with Crippen molar-refractivity contribution in [3.8, 4) is 0 Å². The lowest BCUT2D eigenvalue weighted by Gasteiger charge is -2.30. The van der Waals surface area contributed by atoms with Gasteiger partial charge in [-0.15, -0.1) is 5.10 Å². The molecule has 0 saturated carbocycles. The molecule has 6 rings (SSSR count). The van der Waals surface area contributed by atoms with Crippen LogP contribution in [0.1, 0.15) is 39.9 Å². The van der Waals surface area contributed by atoms with E-state index in [1.807, 2.05) is 85.9 Å². The third kappa shape index (κ3) is 5.39. The highest BCUT2D eigenvalue weighted by Gasteiger charge is 2.31. The van der Waals surface area contributed by atoms with E-state index < -0.39 is 6.04 Å². The molecule has 4 aromatic heterocycles. The summed E-state index contributed by atoms with van der Waals surface area (Å²) in [4.78, 5) is 23.2. The molecule has 0 fully saturated rings. The molecule has 1 N–H and O–H groups in total. The standard InChI is InChI=1S/C30H27N7O2/c1-21-11-12-27-24(15-21)16-26(30(38)32-27)28(29-33-34-35-37(29)19-22-7-3-2-4-8-22)36(20-25-10-6-14-39-25)18-23-9-5-13-31-17-23/h2-17,28H,18-20H2,1H3,(H,32,38). The van der Waals surface area contributed by atoms with Crippen LogP contribution in [0.3, 0.4) is 0 Å². The molecule has 1 unspecified atom stereocenters. The molecule has 0 aliphatic carbocycles. The maximum atomic E-state index is 13.7. The van der Waals surface area contributed by atoms with Crippen LogP contribution in [-0.2, 0) is 19.6 Å². The number of hydrogen-bond acceptors (Lipinski definition) is 7. The van der Waals surface area contributed by atoms with Gasteiger partial charge in [-0.1, -0.05) is 48.0 Å². The topological polar surface area (TPSA) is 106 Å². The fraction of sp³-hybridized carbons (Fsp3) is 0.167. The Labute approximate surface area is 224 Å². The van der Waals surface area contributed by atoms with Crippen LogP contribution in [0.5, 0.6) is 0 Å². The molecule has 0 bridgehead atoms. The van der Waals surface area contributed by atoms with E-state index in [-0.39, 0.29) is 5.56 Å². The summed E-state index contributed by atoms with van der Waals surface area (Å²) in [5.74, 6) is 1.32. The van der Waals surface area contributed by atoms with Crippen molar-refractivity contribution in [3.63, 3.8) is 0 Å². The maximum absolute atomic E-state index is 13.7. The quantitative estimate of drug-likeness (QED) is 0.298. The van der Waals surface area contributed by atoms with Crippen molar-refractivity contribution in [3.05, 3.63) is 142 Å². The minimum Gasteiger partial charge on any atom is -0.468 e. The molecule has 0 radical (unpaired) electrons. The molecule has 0 amide bonds. The van der Waals surface area contributed by atoms with E-state index in [0.717, 1.165) is 33.4 Å². The number of benzene rings is 2. The average molecular weight is 518 g/mol. The SMILES string of the molecule is Cc1ccc2[nH]c(=O)c(C(c3nnnn3Cc3ccccc3)N(Cc3cccnc3)Cc3ccco3)cc2c1. The summed E-state index contributed by atoms with van der Waals surface area (Å²) >= 11 is 0. The van der Waals surface area contributed by atoms with E-state index in [4.69, 9.17) is 4.42 Å². The first kappa shape index (κ1) is 24.4. The van der Waals surface area contributed by atoms with Gasteiger partial charge in [0.15, 0.2) is 5.82 Å². The Bertz CT molecular complexity index is 1730. The van der Waals surface area contributed by atoms with Gasteiger partial charge in [-0.25, -0.2) is 4.68 Å². The van der Waals surface area contributed by atoms with E-state index in [1.54, 1.807) is 17.1 Å². The molecular weight excluding hydrogens is 490 g/mol. The summed E-state index contributed by atoms with van der Waals surface area (Å²) in [5, 5.41) is 13.8. The van der Waals surface area contributed by atoms with Crippen molar-refractivity contribution in [2.45, 2.75) is 32.6 Å². The molecule has 9 heteroatoms. The normalized spacial score (nSPS) is 12.3. The van der Waals surface area contributed by atoms with Crippen molar-refractivity contribution in [1.82, 2.24) is 35.1 Å². The van der Waals surface area contributed by atoms with E-state index in [2.05, 4.69) is 36.5 Å². The Balaban J connectivity index is 1.52. The van der Waals surface area contributed by atoms with Crippen LogP contribution in [0.15, 0.2) is 107 Å². The lowest BCUT2D eigenvalue weighted by molar-refractivity contribution is 0.179. The number of nitrogens with zero attached hydrogens (tertiary/aromatic N) is 6. The summed E-state index contributed by atoms with van der Waals surface area (Å²) in [6.45, 7) is 3.41. The molecule has 0 aliphatic heterocycles. The predicted octanol–water partition coefficient (Wildman–Crippen LogP) is 4.65. The minimum absolute atomic E-state index is 0.193. The highest BCUT2D eigenvalue weighted by Crippen LogP contribution is 2.30. The highest BCUT2D eigenvalue weighted by atomic mass is 16.3. The molecule has 0 saturated heterocycles. The Morgan fingerprint density at radius 2 is 1.85 bits per heavy atom. The molecular formula is C30H27N7O2. The summed E-state index contributed by atoms with van der Waals surface area (Å²) in [6.07, 6.45) is 5.22. The first-order chi connectivity index (χ1) is 19.1. The predicted molar refractivity (Wildman–Crippen MR) is 147 cm³/mol. The van der Waals surface area contributed by atoms with Gasteiger partial charge in [-0.05, 0) is 70.3 Å². The second kappa shape index (κ2) is 10.8. The summed E-state index contributed by atoms with van der Waals surface area (Å²) in [5.41, 5.74) is 4.28. The lowest BCUT2D eigenvalue weighted by Crippen LogP contribution is -2.35. The van der Waals surface area contributed by atoms with Crippen molar-refractivity contribution in [2.24, 2.45) is 0 Å². The van der Waals surface area contributed by atoms with Crippen molar-refractivity contribution in [1.29, 1.82) is 0 Å². The van der Waals surface area contributed by atoms with Gasteiger partial charge >= 0.3 is 0 Å². The Morgan fingerprint density at radius 3 is 2.64 bits per heavy atom. The van der Waals surface area contributed by atoms with Crippen LogP contribution < -0.4 is 5.56 Å². The molecule has 9 nitrogen and oxygen atoms in total. The number of fused-ring (bicyclic) bond motifs is 1. The largest absolute Gasteiger partial charge is 0.468 e. The van der Waals surface area contributed by atoms with Crippen LogP contribution in [0.4, 0.5) is 0 Å². The minimum atomic E-state index is -0.581. The fourth-order valence-corrected chi connectivity index (χ4v) is 4.89. The lowest BCUT2D eigenvalue weighted by atomic mass is 10.0. The Kier molecular flexibility index (Phi) is 6.80. The maximum Gasteiger partial charge on any atom is 0.253 e. The van der Waals surface area contributed by atoms with Crippen LogP contribution >= 0.6 is 0 Å². The zero-order valence-corrected chi connectivity index (χ0v) is 21.4. The highest BCUT2D eigenvalue weighted by molar-refractivity contribution is 5.79. The number of aryl methyl sites for hydroxylation is 1. The molecule has 4 heterocycles. The van der Waals surface area contributed by atoms with Gasteiger partial charge in [-0.2, -0.15) is 0 Å². The third-order valence-electron chi connectivity index (χ3n) is 6.72. The van der Waals surface area contributed by atoms with E-state index >= 15 is 0 Å². The van der Waals surface area contributed by atoms with Crippen LogP contribution in [0, 0.1) is 6.92 Å². The van der Waals surface area contributed by atoms with Crippen LogP contribution in [-0.4, -0.2) is 35.1 Å². The first-order valence-corrected chi connectivity index (χ1v) is 12.7. The number of tetrazole rings is 1. The van der Waals surface area contributed by atoms with E-state index in [1.165, 1.54) is 0 Å². The molecule has 1 atom stereocenters. The number of nitrogens with one attached hydrogen (secondary N) is 1. The summed E-state index contributed by atoms with van der Waals surface area (Å²) in [7, 11) is 0. The number of hydrogen-bond donors (Lipinski definition) is 1. The van der Waals surface area contributed by atoms with Crippen molar-refractivity contribution >= 4 is 10.9 Å². The summed E-state index contributed by atoms with van der Waals surface area (Å²) in [6, 6.07) is 25.1. The van der Waals surface area contributed by atoms with Gasteiger partial charge in [-0.3, -0.25) is 14.7 Å². The molecule has 39 heavy (non-hydrogen) atoms. The number of pyridine rings is 2. The monoisotopic (exact) mass is 517 g/mol. The average Bonchev–Trinajstić information content (AvgIpc) is 3.63. The number of furan rings is 1. The molecule has 0 spiro atoms. The first-order valence-electron chi connectivity index (χ1n) is 12.7. The van der Waals surface area contributed by atoms with Gasteiger partial charge in [0.2, 0.25) is 0 Å². The molecule has 2 aromatic carbocycles. The van der Waals surface area contributed by atoms with Crippen LogP contribution in [0.2, 0.25) is 0 Å². The van der Waals surface area contributed by atoms with Gasteiger partial charge in [0.25, 0.3) is 5.56 Å². The molecule has 0 aliphatic rings.